The van der Waals surface area contributed by atoms with Crippen LogP contribution in [0.1, 0.15) is 5.56 Å². The molecular weight excluding hydrogens is 190 g/mol. The lowest BCUT2D eigenvalue weighted by Gasteiger charge is -2.09. The summed E-state index contributed by atoms with van der Waals surface area (Å²) in [5.74, 6) is 0.659. The number of ether oxygens (including phenoxy) is 1. The van der Waals surface area contributed by atoms with Crippen molar-refractivity contribution in [2.24, 2.45) is 0 Å². The maximum atomic E-state index is 9.00. The van der Waals surface area contributed by atoms with Gasteiger partial charge in [0, 0.05) is 12.4 Å². The number of benzene rings is 1. The Balaban J connectivity index is 2.67. The number of nitriles is 1. The predicted octanol–water partition coefficient (Wildman–Crippen LogP) is 1.75. The van der Waals surface area contributed by atoms with Crippen molar-refractivity contribution in [2.75, 3.05) is 7.11 Å². The van der Waals surface area contributed by atoms with Crippen molar-refractivity contribution in [3.05, 3.63) is 42.5 Å². The lowest BCUT2D eigenvalue weighted by molar-refractivity contribution is 0.412. The molecule has 0 atom stereocenters. The van der Waals surface area contributed by atoms with Crippen LogP contribution in [-0.2, 0) is 0 Å². The summed E-state index contributed by atoms with van der Waals surface area (Å²) in [6.45, 7) is 0. The first kappa shape index (κ1) is 9.28. The van der Waals surface area contributed by atoms with Crippen LogP contribution in [0.4, 0.5) is 0 Å². The number of hydrogen-bond donors (Lipinski definition) is 0. The molecule has 0 amide bonds. The van der Waals surface area contributed by atoms with Gasteiger partial charge < -0.3 is 9.30 Å². The lowest BCUT2D eigenvalue weighted by Crippen LogP contribution is -1.98. The van der Waals surface area contributed by atoms with E-state index in [9.17, 15) is 0 Å². The molecule has 4 nitrogen and oxygen atoms in total. The van der Waals surface area contributed by atoms with Crippen LogP contribution in [-0.4, -0.2) is 16.7 Å². The molecule has 1 aromatic carbocycles. The van der Waals surface area contributed by atoms with E-state index in [0.29, 0.717) is 11.3 Å². The topological polar surface area (TPSA) is 50.8 Å². The molecule has 2 rings (SSSR count). The fourth-order valence-corrected chi connectivity index (χ4v) is 1.43. The van der Waals surface area contributed by atoms with Crippen molar-refractivity contribution in [3.63, 3.8) is 0 Å². The van der Waals surface area contributed by atoms with Crippen LogP contribution in [0.25, 0.3) is 5.69 Å². The Morgan fingerprint density at radius 3 is 2.93 bits per heavy atom. The standard InChI is InChI=1S/C11H9N3O/c1-15-10-4-2-3-9(7-12)11(10)14-6-5-13-8-14/h2-6,8H,1H3. The van der Waals surface area contributed by atoms with Gasteiger partial charge in [0.1, 0.15) is 17.5 Å². The Bertz CT molecular complexity index is 497. The molecule has 0 aliphatic rings. The minimum absolute atomic E-state index is 0.562. The van der Waals surface area contributed by atoms with Gasteiger partial charge in [0.15, 0.2) is 0 Å². The van der Waals surface area contributed by atoms with E-state index in [0.717, 1.165) is 5.69 Å². The van der Waals surface area contributed by atoms with E-state index >= 15 is 0 Å². The van der Waals surface area contributed by atoms with Gasteiger partial charge in [-0.05, 0) is 12.1 Å². The zero-order valence-corrected chi connectivity index (χ0v) is 8.21. The van der Waals surface area contributed by atoms with Gasteiger partial charge in [0.2, 0.25) is 0 Å². The molecule has 0 fully saturated rings. The lowest BCUT2D eigenvalue weighted by atomic mass is 10.2. The minimum atomic E-state index is 0.562. The summed E-state index contributed by atoms with van der Waals surface area (Å²) in [6.07, 6.45) is 5.07. The summed E-state index contributed by atoms with van der Waals surface area (Å²) in [5, 5.41) is 9.00. The zero-order chi connectivity index (χ0) is 10.7. The maximum Gasteiger partial charge on any atom is 0.144 e. The molecule has 74 valence electrons. The van der Waals surface area contributed by atoms with Crippen molar-refractivity contribution >= 4 is 0 Å². The number of aromatic nitrogens is 2. The Morgan fingerprint density at radius 2 is 2.33 bits per heavy atom. The van der Waals surface area contributed by atoms with Crippen LogP contribution < -0.4 is 4.74 Å². The average molecular weight is 199 g/mol. The number of imidazole rings is 1. The first-order valence-corrected chi connectivity index (χ1v) is 4.42. The molecule has 0 aliphatic carbocycles. The second kappa shape index (κ2) is 3.84. The van der Waals surface area contributed by atoms with Crippen molar-refractivity contribution in [1.29, 1.82) is 5.26 Å². The second-order valence-electron chi connectivity index (χ2n) is 2.94. The van der Waals surface area contributed by atoms with Crippen LogP contribution in [0.2, 0.25) is 0 Å². The van der Waals surface area contributed by atoms with Crippen molar-refractivity contribution < 1.29 is 4.74 Å². The van der Waals surface area contributed by atoms with Gasteiger partial charge in [-0.2, -0.15) is 5.26 Å². The summed E-state index contributed by atoms with van der Waals surface area (Å²) in [6, 6.07) is 7.48. The third-order valence-electron chi connectivity index (χ3n) is 2.10. The third kappa shape index (κ3) is 1.55. The molecule has 0 bridgehead atoms. The number of rotatable bonds is 2. The highest BCUT2D eigenvalue weighted by Gasteiger charge is 2.09. The first-order chi connectivity index (χ1) is 7.36. The summed E-state index contributed by atoms with van der Waals surface area (Å²) < 4.78 is 6.97. The van der Waals surface area contributed by atoms with Gasteiger partial charge in [-0.1, -0.05) is 6.07 Å². The molecule has 0 N–H and O–H groups in total. The molecule has 0 saturated heterocycles. The number of methoxy groups -OCH3 is 1. The largest absolute Gasteiger partial charge is 0.495 e. The molecular formula is C11H9N3O. The van der Waals surface area contributed by atoms with Crippen molar-refractivity contribution in [1.82, 2.24) is 9.55 Å². The van der Waals surface area contributed by atoms with E-state index in [1.807, 2.05) is 6.07 Å². The van der Waals surface area contributed by atoms with E-state index in [1.54, 1.807) is 42.5 Å². The molecule has 2 aromatic rings. The molecule has 0 unspecified atom stereocenters. The van der Waals surface area contributed by atoms with Crippen molar-refractivity contribution in [2.45, 2.75) is 0 Å². The molecule has 0 aliphatic heterocycles. The monoisotopic (exact) mass is 199 g/mol. The first-order valence-electron chi connectivity index (χ1n) is 4.42. The SMILES string of the molecule is COc1cccc(C#N)c1-n1ccnc1. The van der Waals surface area contributed by atoms with Crippen LogP contribution >= 0.6 is 0 Å². The number of para-hydroxylation sites is 1. The summed E-state index contributed by atoms with van der Waals surface area (Å²) >= 11 is 0. The normalized spacial score (nSPS) is 9.60. The van der Waals surface area contributed by atoms with Gasteiger partial charge in [0.05, 0.1) is 19.0 Å². The smallest absolute Gasteiger partial charge is 0.144 e. The highest BCUT2D eigenvalue weighted by Crippen LogP contribution is 2.25. The molecule has 4 heteroatoms. The van der Waals surface area contributed by atoms with Crippen LogP contribution in [0.3, 0.4) is 0 Å². The quantitative estimate of drug-likeness (QED) is 0.740. The van der Waals surface area contributed by atoms with Gasteiger partial charge in [-0.3, -0.25) is 0 Å². The fourth-order valence-electron chi connectivity index (χ4n) is 1.43. The third-order valence-corrected chi connectivity index (χ3v) is 2.10. The van der Waals surface area contributed by atoms with Crippen LogP contribution in [0, 0.1) is 11.3 Å². The van der Waals surface area contributed by atoms with Crippen molar-refractivity contribution in [3.8, 4) is 17.5 Å². The minimum Gasteiger partial charge on any atom is -0.495 e. The highest BCUT2D eigenvalue weighted by atomic mass is 16.5. The summed E-state index contributed by atoms with van der Waals surface area (Å²) in [7, 11) is 1.58. The van der Waals surface area contributed by atoms with Gasteiger partial charge in [0.25, 0.3) is 0 Å². The van der Waals surface area contributed by atoms with Gasteiger partial charge >= 0.3 is 0 Å². The van der Waals surface area contributed by atoms with E-state index < -0.39 is 0 Å². The molecule has 0 spiro atoms. The average Bonchev–Trinajstić information content (AvgIpc) is 2.81. The summed E-state index contributed by atoms with van der Waals surface area (Å²) in [4.78, 5) is 3.95. The fraction of sp³-hybridized carbons (Fsp3) is 0.0909. The second-order valence-corrected chi connectivity index (χ2v) is 2.94. The summed E-state index contributed by atoms with van der Waals surface area (Å²) in [5.41, 5.74) is 1.28. The van der Waals surface area contributed by atoms with E-state index in [-0.39, 0.29) is 0 Å². The van der Waals surface area contributed by atoms with E-state index in [2.05, 4.69) is 11.1 Å². The molecule has 0 radical (unpaired) electrons. The van der Waals surface area contributed by atoms with E-state index in [4.69, 9.17) is 10.00 Å². The molecule has 1 aromatic heterocycles. The Labute approximate surface area is 87.4 Å². The van der Waals surface area contributed by atoms with Crippen LogP contribution in [0.15, 0.2) is 36.9 Å². The molecule has 1 heterocycles. The van der Waals surface area contributed by atoms with Crippen LogP contribution in [0.5, 0.6) is 5.75 Å². The number of nitrogens with zero attached hydrogens (tertiary/aromatic N) is 3. The maximum absolute atomic E-state index is 9.00. The molecule has 0 saturated carbocycles. The zero-order valence-electron chi connectivity index (χ0n) is 8.21. The molecule has 15 heavy (non-hydrogen) atoms. The van der Waals surface area contributed by atoms with E-state index in [1.165, 1.54) is 0 Å². The van der Waals surface area contributed by atoms with Gasteiger partial charge in [-0.25, -0.2) is 4.98 Å². The predicted molar refractivity (Wildman–Crippen MR) is 54.8 cm³/mol. The Hall–Kier alpha value is -2.28. The Morgan fingerprint density at radius 1 is 1.47 bits per heavy atom. The Kier molecular flexibility index (Phi) is 2.38. The highest BCUT2D eigenvalue weighted by molar-refractivity contribution is 5.57. The number of hydrogen-bond acceptors (Lipinski definition) is 3. The van der Waals surface area contributed by atoms with Gasteiger partial charge in [-0.15, -0.1) is 0 Å².